The first kappa shape index (κ1) is 18.3. The van der Waals surface area contributed by atoms with Crippen LogP contribution < -0.4 is 10.6 Å². The van der Waals surface area contributed by atoms with Crippen LogP contribution in [0.15, 0.2) is 61.1 Å². The molecular weight excluding hydrogens is 342 g/mol. The molecule has 0 spiro atoms. The second-order valence-electron chi connectivity index (χ2n) is 6.02. The second-order valence-corrected chi connectivity index (χ2v) is 6.02. The maximum atomic E-state index is 12.5. The first-order chi connectivity index (χ1) is 13.1. The maximum Gasteiger partial charge on any atom is 0.253 e. The number of nitrogens with zero attached hydrogens (tertiary/aromatic N) is 3. The van der Waals surface area contributed by atoms with Gasteiger partial charge in [0.25, 0.3) is 5.91 Å². The molecule has 2 amide bonds. The Morgan fingerprint density at radius 2 is 1.85 bits per heavy atom. The summed E-state index contributed by atoms with van der Waals surface area (Å²) in [5.74, 6) is 0.437. The summed E-state index contributed by atoms with van der Waals surface area (Å²) in [4.78, 5) is 33.1. The summed E-state index contributed by atoms with van der Waals surface area (Å²) in [5.41, 5.74) is 1.67. The van der Waals surface area contributed by atoms with E-state index in [2.05, 4.69) is 20.6 Å². The Balaban J connectivity index is 1.60. The monoisotopic (exact) mass is 363 g/mol. The standard InChI is InChI=1S/C20H21N5O2/c1-15-21-11-13-25(15)12-9-19(26)24-18-8-3-2-7-17(18)20(27)23-14-16-6-4-5-10-22-16/h2-8,10-11,13H,9,12,14H2,1H3,(H,23,27)(H,24,26). The first-order valence-electron chi connectivity index (χ1n) is 8.68. The van der Waals surface area contributed by atoms with Crippen LogP contribution in [0.4, 0.5) is 5.69 Å². The van der Waals surface area contributed by atoms with Crippen molar-refractivity contribution in [2.75, 3.05) is 5.32 Å². The minimum absolute atomic E-state index is 0.159. The van der Waals surface area contributed by atoms with Gasteiger partial charge in [0.2, 0.25) is 5.91 Å². The molecule has 0 aliphatic rings. The minimum Gasteiger partial charge on any atom is -0.346 e. The molecule has 7 nitrogen and oxygen atoms in total. The molecule has 2 N–H and O–H groups in total. The number of amides is 2. The van der Waals surface area contributed by atoms with Gasteiger partial charge >= 0.3 is 0 Å². The van der Waals surface area contributed by atoms with E-state index in [-0.39, 0.29) is 11.8 Å². The zero-order chi connectivity index (χ0) is 19.1. The highest BCUT2D eigenvalue weighted by atomic mass is 16.2. The number of carbonyl (C=O) groups excluding carboxylic acids is 2. The molecule has 2 heterocycles. The molecule has 0 aliphatic heterocycles. The smallest absolute Gasteiger partial charge is 0.253 e. The largest absolute Gasteiger partial charge is 0.346 e. The lowest BCUT2D eigenvalue weighted by Gasteiger charge is -2.12. The Hall–Kier alpha value is -3.48. The second kappa shape index (κ2) is 8.75. The number of hydrogen-bond acceptors (Lipinski definition) is 4. The van der Waals surface area contributed by atoms with Gasteiger partial charge in [-0.15, -0.1) is 0 Å². The highest BCUT2D eigenvalue weighted by Gasteiger charge is 2.13. The molecule has 0 aliphatic carbocycles. The van der Waals surface area contributed by atoms with E-state index >= 15 is 0 Å². The lowest BCUT2D eigenvalue weighted by Crippen LogP contribution is -2.25. The van der Waals surface area contributed by atoms with Crippen LogP contribution in [0, 0.1) is 6.92 Å². The topological polar surface area (TPSA) is 88.9 Å². The summed E-state index contributed by atoms with van der Waals surface area (Å²) in [5, 5.41) is 5.65. The van der Waals surface area contributed by atoms with Gasteiger partial charge in [0.1, 0.15) is 5.82 Å². The summed E-state index contributed by atoms with van der Waals surface area (Å²) < 4.78 is 1.91. The average Bonchev–Trinajstić information content (AvgIpc) is 3.10. The van der Waals surface area contributed by atoms with Crippen LogP contribution in [0.5, 0.6) is 0 Å². The molecule has 3 aromatic rings. The molecule has 2 aromatic heterocycles. The van der Waals surface area contributed by atoms with Gasteiger partial charge in [-0.3, -0.25) is 14.6 Å². The van der Waals surface area contributed by atoms with E-state index in [9.17, 15) is 9.59 Å². The molecule has 138 valence electrons. The molecule has 0 saturated heterocycles. The Morgan fingerprint density at radius 3 is 2.59 bits per heavy atom. The number of hydrogen-bond donors (Lipinski definition) is 2. The molecule has 0 saturated carbocycles. The van der Waals surface area contributed by atoms with E-state index in [0.717, 1.165) is 11.5 Å². The molecule has 1 aromatic carbocycles. The number of aryl methyl sites for hydroxylation is 2. The van der Waals surface area contributed by atoms with Crippen molar-refractivity contribution in [2.24, 2.45) is 0 Å². The van der Waals surface area contributed by atoms with E-state index in [4.69, 9.17) is 0 Å². The number of anilines is 1. The molecule has 3 rings (SSSR count). The van der Waals surface area contributed by atoms with Crippen LogP contribution in [0.1, 0.15) is 28.3 Å². The van der Waals surface area contributed by atoms with Crippen LogP contribution in [0.2, 0.25) is 0 Å². The minimum atomic E-state index is -0.262. The number of nitrogens with one attached hydrogen (secondary N) is 2. The van der Waals surface area contributed by atoms with E-state index < -0.39 is 0 Å². The highest BCUT2D eigenvalue weighted by molar-refractivity contribution is 6.03. The van der Waals surface area contributed by atoms with E-state index in [0.29, 0.717) is 30.8 Å². The van der Waals surface area contributed by atoms with Gasteiger partial charge in [0, 0.05) is 31.6 Å². The lowest BCUT2D eigenvalue weighted by atomic mass is 10.1. The third kappa shape index (κ3) is 5.01. The number of carbonyl (C=O) groups is 2. The van der Waals surface area contributed by atoms with Gasteiger partial charge in [-0.1, -0.05) is 18.2 Å². The van der Waals surface area contributed by atoms with Crippen LogP contribution in [-0.4, -0.2) is 26.3 Å². The Kier molecular flexibility index (Phi) is 5.94. The van der Waals surface area contributed by atoms with Crippen LogP contribution in [0.25, 0.3) is 0 Å². The first-order valence-corrected chi connectivity index (χ1v) is 8.68. The van der Waals surface area contributed by atoms with Crippen LogP contribution in [-0.2, 0) is 17.9 Å². The van der Waals surface area contributed by atoms with Crippen molar-refractivity contribution in [1.29, 1.82) is 0 Å². The number of pyridine rings is 1. The fourth-order valence-corrected chi connectivity index (χ4v) is 2.63. The van der Waals surface area contributed by atoms with Gasteiger partial charge < -0.3 is 15.2 Å². The van der Waals surface area contributed by atoms with E-state index in [1.54, 1.807) is 36.7 Å². The quantitative estimate of drug-likeness (QED) is 0.675. The number of rotatable bonds is 7. The molecule has 7 heteroatoms. The predicted octanol–water partition coefficient (Wildman–Crippen LogP) is 2.55. The number of aromatic nitrogens is 3. The fourth-order valence-electron chi connectivity index (χ4n) is 2.63. The third-order valence-corrected chi connectivity index (χ3v) is 4.11. The van der Waals surface area contributed by atoms with Gasteiger partial charge in [-0.25, -0.2) is 4.98 Å². The van der Waals surface area contributed by atoms with Gasteiger partial charge in [-0.2, -0.15) is 0 Å². The predicted molar refractivity (Wildman–Crippen MR) is 102 cm³/mol. The van der Waals surface area contributed by atoms with Crippen molar-refractivity contribution in [1.82, 2.24) is 19.9 Å². The van der Waals surface area contributed by atoms with Crippen molar-refractivity contribution in [3.05, 3.63) is 78.1 Å². The maximum absolute atomic E-state index is 12.5. The summed E-state index contributed by atoms with van der Waals surface area (Å²) in [6.07, 6.45) is 5.51. The summed E-state index contributed by atoms with van der Waals surface area (Å²) in [7, 11) is 0. The molecule has 0 fully saturated rings. The number of para-hydroxylation sites is 1. The van der Waals surface area contributed by atoms with Crippen LogP contribution in [0.3, 0.4) is 0 Å². The van der Waals surface area contributed by atoms with Crippen molar-refractivity contribution >= 4 is 17.5 Å². The number of benzene rings is 1. The van der Waals surface area contributed by atoms with Gasteiger partial charge in [-0.05, 0) is 31.2 Å². The highest BCUT2D eigenvalue weighted by Crippen LogP contribution is 2.15. The number of imidazole rings is 1. The molecule has 0 bridgehead atoms. The zero-order valence-electron chi connectivity index (χ0n) is 15.1. The Morgan fingerprint density at radius 1 is 1.04 bits per heavy atom. The zero-order valence-corrected chi connectivity index (χ0v) is 15.1. The fraction of sp³-hybridized carbons (Fsp3) is 0.200. The SMILES string of the molecule is Cc1nccn1CCC(=O)Nc1ccccc1C(=O)NCc1ccccn1. The van der Waals surface area contributed by atoms with Crippen molar-refractivity contribution < 1.29 is 9.59 Å². The Bertz CT molecular complexity index is 921. The van der Waals surface area contributed by atoms with Crippen molar-refractivity contribution in [3.63, 3.8) is 0 Å². The van der Waals surface area contributed by atoms with Gasteiger partial charge in [0.15, 0.2) is 0 Å². The summed E-state index contributed by atoms with van der Waals surface area (Å²) >= 11 is 0. The molecule has 0 atom stereocenters. The van der Waals surface area contributed by atoms with Crippen molar-refractivity contribution in [2.45, 2.75) is 26.4 Å². The summed E-state index contributed by atoms with van der Waals surface area (Å²) in [6.45, 7) is 2.74. The van der Waals surface area contributed by atoms with E-state index in [1.165, 1.54) is 0 Å². The molecule has 27 heavy (non-hydrogen) atoms. The normalized spacial score (nSPS) is 10.4. The lowest BCUT2D eigenvalue weighted by molar-refractivity contribution is -0.116. The van der Waals surface area contributed by atoms with E-state index in [1.807, 2.05) is 35.9 Å². The van der Waals surface area contributed by atoms with Gasteiger partial charge in [0.05, 0.1) is 23.5 Å². The molecular formula is C20H21N5O2. The average molecular weight is 363 g/mol. The Labute approximate surface area is 157 Å². The summed E-state index contributed by atoms with van der Waals surface area (Å²) in [6, 6.07) is 12.5. The molecule has 0 unspecified atom stereocenters. The molecule has 0 radical (unpaired) electrons. The van der Waals surface area contributed by atoms with Crippen molar-refractivity contribution in [3.8, 4) is 0 Å². The van der Waals surface area contributed by atoms with Crippen LogP contribution >= 0.6 is 0 Å². The third-order valence-electron chi connectivity index (χ3n) is 4.11.